The number of anilines is 1. The Balaban J connectivity index is 2.28. The van der Waals surface area contributed by atoms with E-state index >= 15 is 0 Å². The number of hydrogen-bond acceptors (Lipinski definition) is 10. The van der Waals surface area contributed by atoms with Crippen LogP contribution in [-0.2, 0) is 25.4 Å². The van der Waals surface area contributed by atoms with E-state index in [4.69, 9.17) is 20.5 Å². The maximum absolute atomic E-state index is 11.9. The molecule has 0 amide bonds. The first kappa shape index (κ1) is 19.3. The normalized spacial score (nSPS) is 12.4. The summed E-state index contributed by atoms with van der Waals surface area (Å²) < 4.78 is 52.0. The molecule has 2 aromatic rings. The van der Waals surface area contributed by atoms with Crippen LogP contribution in [0.15, 0.2) is 27.6 Å². The number of nitrogens with zero attached hydrogens (tertiary/aromatic N) is 2. The van der Waals surface area contributed by atoms with Gasteiger partial charge in [-0.2, -0.15) is 4.98 Å². The minimum absolute atomic E-state index is 0.0482. The minimum Gasteiger partial charge on any atom is -0.398 e. The molecule has 25 heavy (non-hydrogen) atoms. The summed E-state index contributed by atoms with van der Waals surface area (Å²) in [6.07, 6.45) is 0. The van der Waals surface area contributed by atoms with E-state index in [-0.39, 0.29) is 22.3 Å². The molecule has 2 rings (SSSR count). The fraction of sp³-hybridized carbons (Fsp3) is 0.385. The van der Waals surface area contributed by atoms with Crippen LogP contribution >= 0.6 is 0 Å². The lowest BCUT2D eigenvalue weighted by atomic mass is 10.2. The molecule has 0 saturated carbocycles. The monoisotopic (exact) mass is 391 g/mol. The summed E-state index contributed by atoms with van der Waals surface area (Å²) in [6.45, 7) is -1.04. The third kappa shape index (κ3) is 4.75. The van der Waals surface area contributed by atoms with Crippen LogP contribution in [0, 0.1) is 0 Å². The Morgan fingerprint density at radius 3 is 2.36 bits per heavy atom. The topological polar surface area (TPSA) is 174 Å². The molecule has 4 N–H and O–H groups in total. The molecule has 0 fully saturated rings. The first-order valence-electron chi connectivity index (χ1n) is 7.06. The molecule has 1 aromatic heterocycles. The average Bonchev–Trinajstić information content (AvgIpc) is 2.94. The van der Waals surface area contributed by atoms with E-state index in [1.54, 1.807) is 0 Å². The van der Waals surface area contributed by atoms with E-state index in [1.165, 1.54) is 18.2 Å². The predicted octanol–water partition coefficient (Wildman–Crippen LogP) is -1.01. The summed E-state index contributed by atoms with van der Waals surface area (Å²) in [4.78, 5) is 3.81. The summed E-state index contributed by atoms with van der Waals surface area (Å²) in [5, 5.41) is 21.1. The molecule has 138 valence electrons. The lowest BCUT2D eigenvalue weighted by molar-refractivity contribution is 0.319. The summed E-state index contributed by atoms with van der Waals surface area (Å²) in [7, 11) is -7.28. The van der Waals surface area contributed by atoms with Crippen LogP contribution in [-0.4, -0.2) is 61.9 Å². The second kappa shape index (κ2) is 7.47. The van der Waals surface area contributed by atoms with Gasteiger partial charge in [-0.25, -0.2) is 16.8 Å². The third-order valence-electron chi connectivity index (χ3n) is 3.18. The van der Waals surface area contributed by atoms with Gasteiger partial charge in [0.25, 0.3) is 0 Å². The van der Waals surface area contributed by atoms with Gasteiger partial charge in [0.2, 0.25) is 11.7 Å². The molecule has 1 aromatic carbocycles. The van der Waals surface area contributed by atoms with Crippen molar-refractivity contribution in [2.45, 2.75) is 10.6 Å². The molecular weight excluding hydrogens is 374 g/mol. The highest BCUT2D eigenvalue weighted by molar-refractivity contribution is 7.91. The van der Waals surface area contributed by atoms with Crippen molar-refractivity contribution >= 4 is 25.4 Å². The van der Waals surface area contributed by atoms with Gasteiger partial charge in [0.15, 0.2) is 19.7 Å². The third-order valence-corrected chi connectivity index (χ3v) is 6.43. The van der Waals surface area contributed by atoms with E-state index < -0.39 is 50.1 Å². The lowest BCUT2D eigenvalue weighted by Crippen LogP contribution is -2.12. The van der Waals surface area contributed by atoms with E-state index in [9.17, 15) is 16.8 Å². The van der Waals surface area contributed by atoms with Gasteiger partial charge in [-0.3, -0.25) is 0 Å². The van der Waals surface area contributed by atoms with Crippen molar-refractivity contribution in [3.05, 3.63) is 24.1 Å². The van der Waals surface area contributed by atoms with Crippen molar-refractivity contribution in [2.24, 2.45) is 0 Å². The van der Waals surface area contributed by atoms with Crippen LogP contribution in [0.1, 0.15) is 5.89 Å². The van der Waals surface area contributed by atoms with Crippen molar-refractivity contribution in [3.63, 3.8) is 0 Å². The Kier molecular flexibility index (Phi) is 5.77. The molecule has 0 radical (unpaired) electrons. The number of aliphatic hydroxyl groups excluding tert-OH is 2. The SMILES string of the molecule is Nc1cc(-c2noc(CS(=O)(=O)CCO)n2)ccc1S(=O)(=O)CCO. The molecule has 0 unspecified atom stereocenters. The average molecular weight is 391 g/mol. The highest BCUT2D eigenvalue weighted by atomic mass is 32.2. The Bertz CT molecular complexity index is 952. The first-order chi connectivity index (χ1) is 11.7. The molecule has 0 atom stereocenters. The van der Waals surface area contributed by atoms with Gasteiger partial charge in [0.05, 0.1) is 35.3 Å². The minimum atomic E-state index is -3.71. The van der Waals surface area contributed by atoms with Crippen LogP contribution in [0.4, 0.5) is 5.69 Å². The van der Waals surface area contributed by atoms with Gasteiger partial charge in [-0.05, 0) is 18.2 Å². The molecular formula is C13H17N3O7S2. The first-order valence-corrected chi connectivity index (χ1v) is 10.5. The van der Waals surface area contributed by atoms with Crippen molar-refractivity contribution in [3.8, 4) is 11.4 Å². The van der Waals surface area contributed by atoms with Gasteiger partial charge in [0.1, 0.15) is 5.75 Å². The zero-order valence-electron chi connectivity index (χ0n) is 13.0. The van der Waals surface area contributed by atoms with Crippen molar-refractivity contribution < 1.29 is 31.6 Å². The van der Waals surface area contributed by atoms with Crippen LogP contribution in [0.3, 0.4) is 0 Å². The second-order valence-electron chi connectivity index (χ2n) is 5.12. The summed E-state index contributed by atoms with van der Waals surface area (Å²) in [5.41, 5.74) is 6.04. The zero-order valence-corrected chi connectivity index (χ0v) is 14.6. The maximum atomic E-state index is 11.9. The Morgan fingerprint density at radius 2 is 1.76 bits per heavy atom. The zero-order chi connectivity index (χ0) is 18.7. The summed E-state index contributed by atoms with van der Waals surface area (Å²) >= 11 is 0. The van der Waals surface area contributed by atoms with E-state index in [1.807, 2.05) is 0 Å². The molecule has 0 bridgehead atoms. The fourth-order valence-corrected chi connectivity index (χ4v) is 4.10. The lowest BCUT2D eigenvalue weighted by Gasteiger charge is -2.07. The molecule has 0 spiro atoms. The number of nitrogens with two attached hydrogens (primary N) is 1. The predicted molar refractivity (Wildman–Crippen MR) is 87.9 cm³/mol. The Hall–Kier alpha value is -2.02. The molecule has 1 heterocycles. The molecule has 12 heteroatoms. The Labute approximate surface area is 144 Å². The largest absolute Gasteiger partial charge is 0.398 e. The number of rotatable bonds is 8. The van der Waals surface area contributed by atoms with Gasteiger partial charge in [-0.1, -0.05) is 5.16 Å². The number of benzene rings is 1. The maximum Gasteiger partial charge on any atom is 0.242 e. The van der Waals surface area contributed by atoms with E-state index in [2.05, 4.69) is 10.1 Å². The number of sulfone groups is 2. The van der Waals surface area contributed by atoms with Crippen molar-refractivity contribution in [1.29, 1.82) is 0 Å². The smallest absolute Gasteiger partial charge is 0.242 e. The van der Waals surface area contributed by atoms with Crippen LogP contribution in [0.5, 0.6) is 0 Å². The molecule has 10 nitrogen and oxygen atoms in total. The van der Waals surface area contributed by atoms with Gasteiger partial charge < -0.3 is 20.5 Å². The Morgan fingerprint density at radius 1 is 1.08 bits per heavy atom. The molecule has 0 aliphatic heterocycles. The number of aliphatic hydroxyl groups is 2. The number of aromatic nitrogens is 2. The van der Waals surface area contributed by atoms with E-state index in [0.29, 0.717) is 5.56 Å². The van der Waals surface area contributed by atoms with Gasteiger partial charge in [0, 0.05) is 5.56 Å². The second-order valence-corrected chi connectivity index (χ2v) is 9.38. The fourth-order valence-electron chi connectivity index (χ4n) is 2.03. The summed E-state index contributed by atoms with van der Waals surface area (Å²) in [6, 6.07) is 3.98. The van der Waals surface area contributed by atoms with Gasteiger partial charge in [-0.15, -0.1) is 0 Å². The van der Waals surface area contributed by atoms with Gasteiger partial charge >= 0.3 is 0 Å². The quantitative estimate of drug-likeness (QED) is 0.473. The highest BCUT2D eigenvalue weighted by Crippen LogP contribution is 2.26. The molecule has 0 saturated heterocycles. The highest BCUT2D eigenvalue weighted by Gasteiger charge is 2.20. The van der Waals surface area contributed by atoms with Crippen molar-refractivity contribution in [2.75, 3.05) is 30.5 Å². The standard InChI is InChI=1S/C13H17N3O7S2/c14-10-7-9(1-2-11(10)25(21,22)6-4-18)13-15-12(23-16-13)8-24(19,20)5-3-17/h1-2,7,17-18H,3-6,8,14H2. The summed E-state index contributed by atoms with van der Waals surface area (Å²) in [5.74, 6) is -1.49. The molecule has 0 aliphatic rings. The van der Waals surface area contributed by atoms with Crippen molar-refractivity contribution in [1.82, 2.24) is 10.1 Å². The van der Waals surface area contributed by atoms with Crippen LogP contribution in [0.2, 0.25) is 0 Å². The van der Waals surface area contributed by atoms with Crippen LogP contribution in [0.25, 0.3) is 11.4 Å². The molecule has 0 aliphatic carbocycles. The number of nitrogen functional groups attached to an aromatic ring is 1. The van der Waals surface area contributed by atoms with E-state index in [0.717, 1.165) is 0 Å². The van der Waals surface area contributed by atoms with Crippen LogP contribution < -0.4 is 5.73 Å². The number of hydrogen-bond donors (Lipinski definition) is 3.